The van der Waals surface area contributed by atoms with E-state index in [1.54, 1.807) is 4.90 Å². The zero-order chi connectivity index (χ0) is 14.1. The lowest BCUT2D eigenvalue weighted by atomic mass is 10.1. The Morgan fingerprint density at radius 3 is 2.65 bits per heavy atom. The lowest BCUT2D eigenvalue weighted by Crippen LogP contribution is -2.27. The van der Waals surface area contributed by atoms with Gasteiger partial charge < -0.3 is 0 Å². The largest absolute Gasteiger partial charge is 0.293 e. The summed E-state index contributed by atoms with van der Waals surface area (Å²) in [6.07, 6.45) is 1.92. The highest BCUT2D eigenvalue weighted by Gasteiger charge is 2.30. The van der Waals surface area contributed by atoms with Crippen LogP contribution >= 0.6 is 24.0 Å². The number of nitrogens with zero attached hydrogens (tertiary/aromatic N) is 1. The summed E-state index contributed by atoms with van der Waals surface area (Å²) in [5.41, 5.74) is 1.03. The fraction of sp³-hybridized carbons (Fsp3) is 0.125. The zero-order valence-electron chi connectivity index (χ0n) is 11.0. The average Bonchev–Trinajstić information content (AvgIpc) is 2.73. The van der Waals surface area contributed by atoms with Crippen LogP contribution < -0.4 is 0 Å². The SMILES string of the molecule is CCN1C(=O)/C(=C\c2ccc3ccccc3c2)SC1=S. The number of likely N-dealkylation sites (N-methyl/N-ethyl adjacent to an activating group) is 1. The van der Waals surface area contributed by atoms with E-state index in [-0.39, 0.29) is 5.91 Å². The lowest BCUT2D eigenvalue weighted by molar-refractivity contribution is -0.121. The molecule has 2 aromatic carbocycles. The minimum atomic E-state index is 0.00987. The van der Waals surface area contributed by atoms with Gasteiger partial charge in [-0.15, -0.1) is 0 Å². The molecule has 0 unspecified atom stereocenters. The van der Waals surface area contributed by atoms with Gasteiger partial charge in [-0.25, -0.2) is 0 Å². The van der Waals surface area contributed by atoms with E-state index in [2.05, 4.69) is 24.3 Å². The van der Waals surface area contributed by atoms with Crippen molar-refractivity contribution < 1.29 is 4.79 Å². The highest BCUT2D eigenvalue weighted by atomic mass is 32.2. The number of carbonyl (C=O) groups excluding carboxylic acids is 1. The normalized spacial score (nSPS) is 17.4. The number of rotatable bonds is 2. The summed E-state index contributed by atoms with van der Waals surface area (Å²) < 4.78 is 0.643. The summed E-state index contributed by atoms with van der Waals surface area (Å²) in [5, 5.41) is 2.37. The summed E-state index contributed by atoms with van der Waals surface area (Å²) in [4.78, 5) is 14.5. The molecule has 0 bridgehead atoms. The van der Waals surface area contributed by atoms with Gasteiger partial charge in [-0.05, 0) is 35.4 Å². The Balaban J connectivity index is 1.98. The van der Waals surface area contributed by atoms with E-state index in [0.29, 0.717) is 15.8 Å². The third kappa shape index (κ3) is 2.37. The Kier molecular flexibility index (Phi) is 3.59. The van der Waals surface area contributed by atoms with Crippen LogP contribution in [0.5, 0.6) is 0 Å². The van der Waals surface area contributed by atoms with Crippen LogP contribution in [-0.4, -0.2) is 21.7 Å². The van der Waals surface area contributed by atoms with Gasteiger partial charge in [-0.3, -0.25) is 9.69 Å². The molecule has 3 rings (SSSR count). The molecule has 0 spiro atoms. The lowest BCUT2D eigenvalue weighted by Gasteiger charge is -2.09. The van der Waals surface area contributed by atoms with Crippen molar-refractivity contribution in [2.75, 3.05) is 6.54 Å². The molecule has 1 fully saturated rings. The summed E-state index contributed by atoms with van der Waals surface area (Å²) in [6.45, 7) is 2.56. The van der Waals surface area contributed by atoms with Crippen molar-refractivity contribution in [3.05, 3.63) is 52.9 Å². The Hall–Kier alpha value is -1.65. The summed E-state index contributed by atoms with van der Waals surface area (Å²) >= 11 is 6.59. The molecule has 0 N–H and O–H groups in total. The number of thioether (sulfide) groups is 1. The second kappa shape index (κ2) is 5.38. The molecule has 1 aliphatic rings. The van der Waals surface area contributed by atoms with Crippen molar-refractivity contribution in [3.8, 4) is 0 Å². The fourth-order valence-corrected chi connectivity index (χ4v) is 3.61. The van der Waals surface area contributed by atoms with E-state index in [1.165, 1.54) is 22.5 Å². The number of carbonyl (C=O) groups is 1. The molecule has 0 aromatic heterocycles. The third-order valence-corrected chi connectivity index (χ3v) is 4.64. The first-order valence-corrected chi connectivity index (χ1v) is 7.65. The maximum atomic E-state index is 12.2. The van der Waals surface area contributed by atoms with Gasteiger partial charge in [0.05, 0.1) is 4.91 Å². The van der Waals surface area contributed by atoms with E-state index < -0.39 is 0 Å². The van der Waals surface area contributed by atoms with Crippen LogP contribution in [0.25, 0.3) is 16.8 Å². The fourth-order valence-electron chi connectivity index (χ4n) is 2.22. The third-order valence-electron chi connectivity index (χ3n) is 3.26. The zero-order valence-corrected chi connectivity index (χ0v) is 12.6. The molecular weight excluding hydrogens is 286 g/mol. The van der Waals surface area contributed by atoms with E-state index in [1.807, 2.05) is 31.2 Å². The summed E-state index contributed by atoms with van der Waals surface area (Å²) in [7, 11) is 0. The second-order valence-corrected chi connectivity index (χ2v) is 6.21. The number of amides is 1. The van der Waals surface area contributed by atoms with E-state index in [4.69, 9.17) is 12.2 Å². The van der Waals surface area contributed by atoms with Crippen LogP contribution in [-0.2, 0) is 4.79 Å². The van der Waals surface area contributed by atoms with Gasteiger partial charge in [-0.2, -0.15) is 0 Å². The number of hydrogen-bond acceptors (Lipinski definition) is 3. The smallest absolute Gasteiger partial charge is 0.266 e. The van der Waals surface area contributed by atoms with Crippen molar-refractivity contribution >= 4 is 51.1 Å². The van der Waals surface area contributed by atoms with Crippen molar-refractivity contribution in [3.63, 3.8) is 0 Å². The minimum absolute atomic E-state index is 0.00987. The van der Waals surface area contributed by atoms with Crippen LogP contribution in [0.2, 0.25) is 0 Å². The predicted octanol–water partition coefficient (Wildman–Crippen LogP) is 4.06. The molecule has 4 heteroatoms. The molecule has 0 saturated carbocycles. The monoisotopic (exact) mass is 299 g/mol. The van der Waals surface area contributed by atoms with Gasteiger partial charge in [0.2, 0.25) is 0 Å². The number of benzene rings is 2. The maximum Gasteiger partial charge on any atom is 0.266 e. The van der Waals surface area contributed by atoms with Crippen molar-refractivity contribution in [2.45, 2.75) is 6.92 Å². The van der Waals surface area contributed by atoms with Crippen LogP contribution in [0.1, 0.15) is 12.5 Å². The van der Waals surface area contributed by atoms with Crippen LogP contribution in [0.4, 0.5) is 0 Å². The Morgan fingerprint density at radius 1 is 1.20 bits per heavy atom. The number of fused-ring (bicyclic) bond motifs is 1. The van der Waals surface area contributed by atoms with E-state index in [9.17, 15) is 4.79 Å². The molecule has 1 aliphatic heterocycles. The van der Waals surface area contributed by atoms with Gasteiger partial charge in [0.25, 0.3) is 5.91 Å². The Morgan fingerprint density at radius 2 is 1.95 bits per heavy atom. The molecule has 1 amide bonds. The van der Waals surface area contributed by atoms with Crippen molar-refractivity contribution in [1.82, 2.24) is 4.90 Å². The van der Waals surface area contributed by atoms with Gasteiger partial charge in [0.1, 0.15) is 4.32 Å². The highest BCUT2D eigenvalue weighted by Crippen LogP contribution is 2.32. The van der Waals surface area contributed by atoms with Crippen LogP contribution in [0, 0.1) is 0 Å². The van der Waals surface area contributed by atoms with Crippen LogP contribution in [0.15, 0.2) is 47.4 Å². The molecule has 1 saturated heterocycles. The van der Waals surface area contributed by atoms with Crippen molar-refractivity contribution in [2.24, 2.45) is 0 Å². The first-order valence-electron chi connectivity index (χ1n) is 6.43. The van der Waals surface area contributed by atoms with Gasteiger partial charge >= 0.3 is 0 Å². The Labute approximate surface area is 127 Å². The molecule has 0 radical (unpaired) electrons. The molecule has 2 nitrogen and oxygen atoms in total. The highest BCUT2D eigenvalue weighted by molar-refractivity contribution is 8.26. The van der Waals surface area contributed by atoms with E-state index >= 15 is 0 Å². The van der Waals surface area contributed by atoms with Gasteiger partial charge in [0, 0.05) is 6.54 Å². The van der Waals surface area contributed by atoms with Gasteiger partial charge in [-0.1, -0.05) is 60.4 Å². The topological polar surface area (TPSA) is 20.3 Å². The molecular formula is C16H13NOS2. The summed E-state index contributed by atoms with van der Waals surface area (Å²) in [6, 6.07) is 14.4. The summed E-state index contributed by atoms with van der Waals surface area (Å²) in [5.74, 6) is 0.00987. The van der Waals surface area contributed by atoms with Crippen LogP contribution in [0.3, 0.4) is 0 Å². The molecule has 100 valence electrons. The number of thiocarbonyl (C=S) groups is 1. The van der Waals surface area contributed by atoms with Gasteiger partial charge in [0.15, 0.2) is 0 Å². The average molecular weight is 299 g/mol. The first kappa shape index (κ1) is 13.3. The predicted molar refractivity (Wildman–Crippen MR) is 89.5 cm³/mol. The molecule has 0 aliphatic carbocycles. The number of hydrogen-bond donors (Lipinski definition) is 0. The second-order valence-electron chi connectivity index (χ2n) is 4.53. The standard InChI is InChI=1S/C16H13NOS2/c1-2-17-15(18)14(20-16(17)19)10-11-7-8-12-5-3-4-6-13(12)9-11/h3-10H,2H2,1H3/b14-10+. The first-order chi connectivity index (χ1) is 9.69. The maximum absolute atomic E-state index is 12.2. The van der Waals surface area contributed by atoms with E-state index in [0.717, 1.165) is 5.56 Å². The molecule has 0 atom stereocenters. The molecule has 1 heterocycles. The quantitative estimate of drug-likeness (QED) is 0.616. The molecule has 20 heavy (non-hydrogen) atoms. The Bertz CT molecular complexity index is 736. The molecule has 2 aromatic rings. The van der Waals surface area contributed by atoms with Crippen molar-refractivity contribution in [1.29, 1.82) is 0 Å². The minimum Gasteiger partial charge on any atom is -0.293 e.